The van der Waals surface area contributed by atoms with Gasteiger partial charge < -0.3 is 15.4 Å². The van der Waals surface area contributed by atoms with E-state index < -0.39 is 0 Å². The molecule has 1 aliphatic rings. The maximum atomic E-state index is 5.34. The molecule has 0 amide bonds. The minimum Gasteiger partial charge on any atom is -0.495 e. The van der Waals surface area contributed by atoms with E-state index in [-0.39, 0.29) is 0 Å². The number of benzene rings is 2. The van der Waals surface area contributed by atoms with Crippen LogP contribution in [-0.4, -0.2) is 26.0 Å². The Morgan fingerprint density at radius 3 is 2.62 bits per heavy atom. The molecular weight excluding hydrogens is 262 g/mol. The summed E-state index contributed by atoms with van der Waals surface area (Å²) in [6.07, 6.45) is 1.11. The summed E-state index contributed by atoms with van der Waals surface area (Å²) in [6, 6.07) is 16.2. The van der Waals surface area contributed by atoms with Crippen LogP contribution in [0.2, 0.25) is 0 Å². The molecule has 0 unspecified atom stereocenters. The number of hydrogen-bond acceptors (Lipinski definition) is 4. The van der Waals surface area contributed by atoms with E-state index in [1.165, 1.54) is 0 Å². The van der Waals surface area contributed by atoms with Crippen LogP contribution in [0.4, 0.5) is 11.4 Å². The Kier molecular flexibility index (Phi) is 4.05. The lowest BCUT2D eigenvalue weighted by molar-refractivity contribution is 0.417. The molecule has 0 saturated carbocycles. The van der Waals surface area contributed by atoms with Gasteiger partial charge in [-0.25, -0.2) is 0 Å². The van der Waals surface area contributed by atoms with Crippen LogP contribution in [-0.2, 0) is 0 Å². The van der Waals surface area contributed by atoms with Gasteiger partial charge in [0.05, 0.1) is 12.8 Å². The van der Waals surface area contributed by atoms with Crippen LogP contribution in [0.3, 0.4) is 0 Å². The van der Waals surface area contributed by atoms with Gasteiger partial charge in [-0.15, -0.1) is 0 Å². The minimum absolute atomic E-state index is 0.833. The third kappa shape index (κ3) is 3.16. The van der Waals surface area contributed by atoms with Gasteiger partial charge in [0.15, 0.2) is 0 Å². The van der Waals surface area contributed by atoms with Crippen molar-refractivity contribution >= 4 is 17.2 Å². The van der Waals surface area contributed by atoms with Gasteiger partial charge >= 0.3 is 0 Å². The van der Waals surface area contributed by atoms with Crippen molar-refractivity contribution < 1.29 is 4.74 Å². The van der Waals surface area contributed by atoms with E-state index in [1.54, 1.807) is 7.11 Å². The summed E-state index contributed by atoms with van der Waals surface area (Å²) >= 11 is 0. The molecule has 21 heavy (non-hydrogen) atoms. The maximum absolute atomic E-state index is 5.34. The molecule has 3 rings (SSSR count). The van der Waals surface area contributed by atoms with Crippen LogP contribution in [0.5, 0.6) is 5.75 Å². The van der Waals surface area contributed by atoms with E-state index >= 15 is 0 Å². The number of methoxy groups -OCH3 is 1. The molecule has 2 aromatic rings. The highest BCUT2D eigenvalue weighted by molar-refractivity contribution is 5.99. The molecule has 0 fully saturated rings. The molecule has 0 aliphatic carbocycles. The Hall–Kier alpha value is -2.49. The van der Waals surface area contributed by atoms with Crippen LogP contribution >= 0.6 is 0 Å². The lowest BCUT2D eigenvalue weighted by Crippen LogP contribution is -2.30. The second-order valence-corrected chi connectivity index (χ2v) is 4.91. The minimum atomic E-state index is 0.833. The molecule has 0 radical (unpaired) electrons. The first kappa shape index (κ1) is 13.5. The quantitative estimate of drug-likeness (QED) is 0.904. The molecule has 0 atom stereocenters. The van der Waals surface area contributed by atoms with Gasteiger partial charge in [0.1, 0.15) is 11.6 Å². The number of nitrogens with zero attached hydrogens (tertiary/aromatic N) is 1. The topological polar surface area (TPSA) is 45.6 Å². The van der Waals surface area contributed by atoms with Crippen molar-refractivity contribution in [3.63, 3.8) is 0 Å². The molecule has 2 aromatic carbocycles. The zero-order valence-electron chi connectivity index (χ0n) is 12.1. The molecule has 2 N–H and O–H groups in total. The predicted octanol–water partition coefficient (Wildman–Crippen LogP) is 3.18. The predicted molar refractivity (Wildman–Crippen MR) is 86.7 cm³/mol. The number of amidine groups is 1. The molecule has 108 valence electrons. The Morgan fingerprint density at radius 1 is 1.10 bits per heavy atom. The van der Waals surface area contributed by atoms with Crippen LogP contribution < -0.4 is 15.4 Å². The largest absolute Gasteiger partial charge is 0.495 e. The van der Waals surface area contributed by atoms with Crippen LogP contribution in [0.15, 0.2) is 53.5 Å². The van der Waals surface area contributed by atoms with E-state index in [9.17, 15) is 0 Å². The van der Waals surface area contributed by atoms with Gasteiger partial charge in [-0.1, -0.05) is 12.1 Å². The third-order valence-corrected chi connectivity index (χ3v) is 3.44. The Balaban J connectivity index is 1.76. The van der Waals surface area contributed by atoms with E-state index in [4.69, 9.17) is 4.74 Å². The zero-order valence-corrected chi connectivity index (χ0v) is 12.1. The Morgan fingerprint density at radius 2 is 1.90 bits per heavy atom. The highest BCUT2D eigenvalue weighted by Crippen LogP contribution is 2.27. The molecule has 1 heterocycles. The molecule has 4 heteroatoms. The monoisotopic (exact) mass is 281 g/mol. The van der Waals surface area contributed by atoms with E-state index in [1.807, 2.05) is 24.3 Å². The van der Waals surface area contributed by atoms with Gasteiger partial charge in [0, 0.05) is 24.3 Å². The molecule has 0 spiro atoms. The fraction of sp³-hybridized carbons (Fsp3) is 0.235. The maximum Gasteiger partial charge on any atom is 0.142 e. The lowest BCUT2D eigenvalue weighted by atomic mass is 10.1. The number of ether oxygens (including phenoxy) is 1. The van der Waals surface area contributed by atoms with E-state index in [0.29, 0.717) is 0 Å². The average molecular weight is 281 g/mol. The van der Waals surface area contributed by atoms with Gasteiger partial charge in [-0.2, -0.15) is 0 Å². The summed E-state index contributed by atoms with van der Waals surface area (Å²) in [5, 5.41) is 6.70. The average Bonchev–Trinajstić information content (AvgIpc) is 2.57. The third-order valence-electron chi connectivity index (χ3n) is 3.44. The first-order valence-corrected chi connectivity index (χ1v) is 7.15. The summed E-state index contributed by atoms with van der Waals surface area (Å²) in [4.78, 5) is 4.51. The van der Waals surface area contributed by atoms with Crippen molar-refractivity contribution in [1.82, 2.24) is 5.32 Å². The van der Waals surface area contributed by atoms with Crippen molar-refractivity contribution in [2.45, 2.75) is 6.42 Å². The second-order valence-electron chi connectivity index (χ2n) is 4.91. The summed E-state index contributed by atoms with van der Waals surface area (Å²) < 4.78 is 5.34. The van der Waals surface area contributed by atoms with E-state index in [0.717, 1.165) is 48.0 Å². The number of nitrogens with one attached hydrogen (secondary N) is 2. The first-order chi connectivity index (χ1) is 10.4. The van der Waals surface area contributed by atoms with Crippen molar-refractivity contribution in [2.24, 2.45) is 4.99 Å². The Bertz CT molecular complexity index is 635. The number of para-hydroxylation sites is 2. The summed E-state index contributed by atoms with van der Waals surface area (Å²) in [5.74, 6) is 1.82. The van der Waals surface area contributed by atoms with Crippen molar-refractivity contribution in [1.29, 1.82) is 0 Å². The fourth-order valence-electron chi connectivity index (χ4n) is 2.34. The van der Waals surface area contributed by atoms with Crippen molar-refractivity contribution in [3.8, 4) is 5.75 Å². The second kappa shape index (κ2) is 6.31. The standard InChI is InChI=1S/C17H19N3O/c1-21-16-6-3-2-5-15(16)20-14-9-7-13(8-10-14)17-18-11-4-12-19-17/h2-3,5-10,20H,4,11-12H2,1H3,(H,18,19). The summed E-state index contributed by atoms with van der Waals surface area (Å²) in [6.45, 7) is 1.91. The normalized spacial score (nSPS) is 14.0. The van der Waals surface area contributed by atoms with Crippen molar-refractivity contribution in [2.75, 3.05) is 25.5 Å². The highest BCUT2D eigenvalue weighted by atomic mass is 16.5. The van der Waals surface area contributed by atoms with Crippen LogP contribution in [0.1, 0.15) is 12.0 Å². The molecule has 0 aromatic heterocycles. The highest BCUT2D eigenvalue weighted by Gasteiger charge is 2.07. The van der Waals surface area contributed by atoms with Gasteiger partial charge in [0.2, 0.25) is 0 Å². The molecule has 0 saturated heterocycles. The Labute approximate surface area is 124 Å². The van der Waals surface area contributed by atoms with Gasteiger partial charge in [-0.05, 0) is 42.8 Å². The first-order valence-electron chi connectivity index (χ1n) is 7.15. The zero-order chi connectivity index (χ0) is 14.5. The summed E-state index contributed by atoms with van der Waals surface area (Å²) in [5.41, 5.74) is 3.11. The number of rotatable bonds is 4. The van der Waals surface area contributed by atoms with E-state index in [2.05, 4.69) is 39.9 Å². The number of aliphatic imine (C=N–C) groups is 1. The fourth-order valence-corrected chi connectivity index (χ4v) is 2.34. The smallest absolute Gasteiger partial charge is 0.142 e. The SMILES string of the molecule is COc1ccccc1Nc1ccc(C2=NCCCN2)cc1. The number of anilines is 2. The summed E-state index contributed by atoms with van der Waals surface area (Å²) in [7, 11) is 1.68. The number of hydrogen-bond donors (Lipinski definition) is 2. The molecule has 1 aliphatic heterocycles. The lowest BCUT2D eigenvalue weighted by Gasteiger charge is -2.15. The van der Waals surface area contributed by atoms with Crippen molar-refractivity contribution in [3.05, 3.63) is 54.1 Å². The molecular formula is C17H19N3O. The van der Waals surface area contributed by atoms with Gasteiger partial charge in [-0.3, -0.25) is 4.99 Å². The molecule has 4 nitrogen and oxygen atoms in total. The molecule has 0 bridgehead atoms. The van der Waals surface area contributed by atoms with Crippen LogP contribution in [0, 0.1) is 0 Å². The van der Waals surface area contributed by atoms with Gasteiger partial charge in [0.25, 0.3) is 0 Å². The van der Waals surface area contributed by atoms with Crippen LogP contribution in [0.25, 0.3) is 0 Å².